The molecule has 0 saturated carbocycles. The van der Waals surface area contributed by atoms with Gasteiger partial charge in [0.1, 0.15) is 0 Å². The molecule has 20 heavy (non-hydrogen) atoms. The Morgan fingerprint density at radius 3 is 2.00 bits per heavy atom. The number of nitrogen functional groups attached to an aromatic ring is 1. The second-order valence-corrected chi connectivity index (χ2v) is 2.05. The van der Waals surface area contributed by atoms with Crippen LogP contribution in [-0.2, 0) is 33.4 Å². The molecule has 0 amide bonds. The van der Waals surface area contributed by atoms with E-state index in [1.807, 2.05) is 0 Å². The molecule has 0 atom stereocenters. The number of halogens is 2. The van der Waals surface area contributed by atoms with Gasteiger partial charge in [0.2, 0.25) is 5.95 Å². The van der Waals surface area contributed by atoms with Crippen molar-refractivity contribution in [1.82, 2.24) is 19.9 Å². The molecule has 0 radical (unpaired) electrons. The van der Waals surface area contributed by atoms with Gasteiger partial charge in [-0.05, 0) is 0 Å². The van der Waals surface area contributed by atoms with Gasteiger partial charge in [0.25, 0.3) is 5.56 Å². The van der Waals surface area contributed by atoms with Gasteiger partial charge < -0.3 is 35.5 Å². The van der Waals surface area contributed by atoms with E-state index in [-0.39, 0.29) is 55.8 Å². The molecule has 2 heterocycles. The molecule has 0 aliphatic rings. The quantitative estimate of drug-likeness (QED) is 0.225. The molecule has 0 fully saturated rings. The SMILES string of the molecule is Nc1nc2nc[nH]c2c(=O)[nH]1.[C-]#[O+].[C-]#[O+].[C-]#[O+].[Cl-].[Cl-].[Ru+2]. The average molecular weight is 407 g/mol. The van der Waals surface area contributed by atoms with Gasteiger partial charge in [-0.3, -0.25) is 9.78 Å². The van der Waals surface area contributed by atoms with Gasteiger partial charge >= 0.3 is 53.4 Å². The molecule has 0 aromatic carbocycles. The Kier molecular flexibility index (Phi) is 31.0. The second-order valence-electron chi connectivity index (χ2n) is 2.05. The van der Waals surface area contributed by atoms with Crippen LogP contribution in [0, 0.1) is 20.0 Å². The van der Waals surface area contributed by atoms with E-state index in [0.29, 0.717) is 11.2 Å². The van der Waals surface area contributed by atoms with Crippen LogP contribution >= 0.6 is 0 Å². The third-order valence-electron chi connectivity index (χ3n) is 1.31. The van der Waals surface area contributed by atoms with Crippen LogP contribution in [0.2, 0.25) is 0 Å². The molecule has 0 aliphatic carbocycles. The van der Waals surface area contributed by atoms with Gasteiger partial charge in [-0.15, -0.1) is 0 Å². The Balaban J connectivity index is -0.0000000750. The van der Waals surface area contributed by atoms with Crippen LogP contribution in [0.4, 0.5) is 5.95 Å². The van der Waals surface area contributed by atoms with Crippen molar-refractivity contribution in [1.29, 1.82) is 0 Å². The molecule has 4 N–H and O–H groups in total. The second kappa shape index (κ2) is 19.9. The zero-order valence-corrected chi connectivity index (χ0v) is 12.5. The van der Waals surface area contributed by atoms with Crippen LogP contribution in [0.3, 0.4) is 0 Å². The van der Waals surface area contributed by atoms with Crippen LogP contribution in [0.1, 0.15) is 0 Å². The molecule has 108 valence electrons. The van der Waals surface area contributed by atoms with Crippen molar-refractivity contribution in [2.24, 2.45) is 0 Å². The van der Waals surface area contributed by atoms with Crippen LogP contribution < -0.4 is 36.1 Å². The third kappa shape index (κ3) is 9.50. The van der Waals surface area contributed by atoms with Gasteiger partial charge in [-0.2, -0.15) is 4.98 Å². The number of hydrogen-bond acceptors (Lipinski definition) is 4. The van der Waals surface area contributed by atoms with Gasteiger partial charge in [0.15, 0.2) is 11.2 Å². The van der Waals surface area contributed by atoms with Gasteiger partial charge in [-0.1, -0.05) is 0 Å². The predicted octanol–water partition coefficient (Wildman–Crippen LogP) is -6.88. The normalized spacial score (nSPS) is 6.10. The number of aromatic amines is 2. The smallest absolute Gasteiger partial charge is 1.00 e. The molecule has 9 nitrogen and oxygen atoms in total. The van der Waals surface area contributed by atoms with Crippen molar-refractivity contribution in [2.75, 3.05) is 5.73 Å². The zero-order chi connectivity index (χ0) is 13.8. The number of rotatable bonds is 0. The van der Waals surface area contributed by atoms with Gasteiger partial charge in [0, 0.05) is 0 Å². The van der Waals surface area contributed by atoms with Gasteiger partial charge in [0.05, 0.1) is 6.33 Å². The van der Waals surface area contributed by atoms with Crippen molar-refractivity contribution in [3.8, 4) is 0 Å². The van der Waals surface area contributed by atoms with Crippen molar-refractivity contribution < 1.29 is 58.2 Å². The summed E-state index contributed by atoms with van der Waals surface area (Å²) in [6.07, 6.45) is 1.40. The van der Waals surface area contributed by atoms with E-state index in [1.165, 1.54) is 6.33 Å². The summed E-state index contributed by atoms with van der Waals surface area (Å²) in [5.74, 6) is 0.0783. The fourth-order valence-corrected chi connectivity index (χ4v) is 0.860. The number of anilines is 1. The number of nitrogens with two attached hydrogens (primary N) is 1. The molecule has 12 heteroatoms. The van der Waals surface area contributed by atoms with E-state index in [2.05, 4.69) is 39.9 Å². The van der Waals surface area contributed by atoms with Crippen LogP contribution in [-0.4, -0.2) is 19.9 Å². The summed E-state index contributed by atoms with van der Waals surface area (Å²) >= 11 is 0. The third-order valence-corrected chi connectivity index (χ3v) is 1.31. The number of nitrogens with one attached hydrogen (secondary N) is 2. The number of aromatic nitrogens is 4. The Labute approximate surface area is 137 Å². The topological polar surface area (TPSA) is 160 Å². The standard InChI is InChI=1S/C5H5N5O.3CO.2ClH.Ru/c6-5-9-3-2(4(11)10-5)7-1-8-3;3*1-2;;;/h1H,(H4,6,7,8,9,10,11);;;;2*1H;/q;;;;;;+2/p-2. The largest absolute Gasteiger partial charge is 2.00 e. The first-order valence-corrected chi connectivity index (χ1v) is 3.57. The molecule has 0 aliphatic heterocycles. The minimum atomic E-state index is -0.301. The van der Waals surface area contributed by atoms with E-state index in [1.54, 1.807) is 0 Å². The molecule has 0 bridgehead atoms. The van der Waals surface area contributed by atoms with Crippen molar-refractivity contribution >= 4 is 17.1 Å². The molecule has 2 aromatic rings. The zero-order valence-electron chi connectivity index (χ0n) is 9.29. The summed E-state index contributed by atoms with van der Waals surface area (Å²) in [4.78, 5) is 23.5. The Morgan fingerprint density at radius 1 is 1.10 bits per heavy atom. The van der Waals surface area contributed by atoms with E-state index in [4.69, 9.17) is 19.7 Å². The number of imidazole rings is 1. The molecule has 0 spiro atoms. The van der Waals surface area contributed by atoms with E-state index in [9.17, 15) is 4.79 Å². The first-order valence-electron chi connectivity index (χ1n) is 3.57. The van der Waals surface area contributed by atoms with Crippen molar-refractivity contribution in [3.05, 3.63) is 36.6 Å². The Bertz CT molecular complexity index is 565. The first kappa shape index (κ1) is 31.1. The fourth-order valence-electron chi connectivity index (χ4n) is 0.860. The van der Waals surface area contributed by atoms with E-state index in [0.717, 1.165) is 0 Å². The molecule has 0 unspecified atom stereocenters. The Hall–Kier alpha value is -1.43. The summed E-state index contributed by atoms with van der Waals surface area (Å²) in [5.41, 5.74) is 5.65. The maximum atomic E-state index is 11.0. The molecule has 2 aromatic heterocycles. The van der Waals surface area contributed by atoms with E-state index < -0.39 is 0 Å². The minimum absolute atomic E-state index is 0. The van der Waals surface area contributed by atoms with Crippen molar-refractivity contribution in [3.63, 3.8) is 0 Å². The van der Waals surface area contributed by atoms with Gasteiger partial charge in [-0.25, -0.2) is 4.98 Å². The summed E-state index contributed by atoms with van der Waals surface area (Å²) in [5, 5.41) is 0. The number of H-pyrrole nitrogens is 2. The first-order chi connectivity index (χ1) is 8.27. The molecular weight excluding hydrogens is 402 g/mol. The fraction of sp³-hybridized carbons (Fsp3) is 0. The summed E-state index contributed by atoms with van der Waals surface area (Å²) in [6, 6.07) is 0. The predicted molar refractivity (Wildman–Crippen MR) is 50.7 cm³/mol. The average Bonchev–Trinajstić information content (AvgIpc) is 2.85. The summed E-state index contributed by atoms with van der Waals surface area (Å²) in [6.45, 7) is 13.5. The van der Waals surface area contributed by atoms with Crippen LogP contribution in [0.15, 0.2) is 11.1 Å². The number of fused-ring (bicyclic) bond motifs is 1. The summed E-state index contributed by atoms with van der Waals surface area (Å²) in [7, 11) is 0. The molecule has 2 rings (SSSR count). The van der Waals surface area contributed by atoms with Crippen LogP contribution in [0.5, 0.6) is 0 Å². The van der Waals surface area contributed by atoms with Crippen molar-refractivity contribution in [2.45, 2.75) is 0 Å². The molecular formula is C8H5Cl2N5O4Ru. The summed E-state index contributed by atoms with van der Waals surface area (Å²) < 4.78 is 22.5. The van der Waals surface area contributed by atoms with E-state index >= 15 is 0 Å². The monoisotopic (exact) mass is 407 g/mol. The minimum Gasteiger partial charge on any atom is -1.00 e. The maximum absolute atomic E-state index is 11.0. The number of nitrogens with zero attached hydrogens (tertiary/aromatic N) is 2. The Morgan fingerprint density at radius 2 is 1.55 bits per heavy atom. The van der Waals surface area contributed by atoms with Crippen LogP contribution in [0.25, 0.3) is 11.2 Å². The molecule has 0 saturated heterocycles. The maximum Gasteiger partial charge on any atom is 2.00 e. The number of hydrogen-bond donors (Lipinski definition) is 3.